The highest BCUT2D eigenvalue weighted by atomic mass is 127. The van der Waals surface area contributed by atoms with Crippen LogP contribution in [0.15, 0.2) is 34.3 Å². The molecule has 0 radical (unpaired) electrons. The summed E-state index contributed by atoms with van der Waals surface area (Å²) in [7, 11) is -3.54. The molecule has 168 valence electrons. The van der Waals surface area contributed by atoms with Crippen molar-refractivity contribution < 1.29 is 8.42 Å². The molecular formula is C20H32IN5O2S2. The van der Waals surface area contributed by atoms with Crippen LogP contribution in [0.25, 0.3) is 0 Å². The van der Waals surface area contributed by atoms with E-state index in [2.05, 4.69) is 32.3 Å². The minimum Gasteiger partial charge on any atom is -0.357 e. The Kier molecular flexibility index (Phi) is 11.8. The minimum atomic E-state index is -3.54. The van der Waals surface area contributed by atoms with E-state index in [-0.39, 0.29) is 30.5 Å². The van der Waals surface area contributed by atoms with Crippen LogP contribution >= 0.6 is 35.3 Å². The number of aromatic nitrogens is 1. The van der Waals surface area contributed by atoms with Crippen LogP contribution < -0.4 is 15.4 Å². The van der Waals surface area contributed by atoms with Crippen molar-refractivity contribution in [3.63, 3.8) is 0 Å². The number of benzene rings is 1. The van der Waals surface area contributed by atoms with E-state index in [9.17, 15) is 8.42 Å². The molecule has 0 bridgehead atoms. The maximum atomic E-state index is 12.5. The van der Waals surface area contributed by atoms with E-state index in [0.29, 0.717) is 17.4 Å². The SMILES string of the molecule is CCNC(=NCCNS(=O)(=O)c1cc(C)ccc1C)NCCc1ncc(CC)s1.I. The van der Waals surface area contributed by atoms with Gasteiger partial charge in [0.15, 0.2) is 5.96 Å². The quantitative estimate of drug-likeness (QED) is 0.178. The summed E-state index contributed by atoms with van der Waals surface area (Å²) in [6, 6.07) is 5.41. The number of aryl methyl sites for hydroxylation is 3. The van der Waals surface area contributed by atoms with E-state index in [1.165, 1.54) is 4.88 Å². The lowest BCUT2D eigenvalue weighted by atomic mass is 10.2. The fourth-order valence-corrected chi connectivity index (χ4v) is 4.89. The first-order chi connectivity index (χ1) is 13.9. The Bertz CT molecular complexity index is 929. The number of hydrogen-bond donors (Lipinski definition) is 3. The van der Waals surface area contributed by atoms with Crippen molar-refractivity contribution in [2.75, 3.05) is 26.2 Å². The Hall–Kier alpha value is -1.24. The minimum absolute atomic E-state index is 0. The summed E-state index contributed by atoms with van der Waals surface area (Å²) in [4.78, 5) is 10.5. The van der Waals surface area contributed by atoms with Crippen molar-refractivity contribution >= 4 is 51.3 Å². The molecule has 0 aliphatic rings. The van der Waals surface area contributed by atoms with Gasteiger partial charge in [0, 0.05) is 37.1 Å². The van der Waals surface area contributed by atoms with Crippen LogP contribution in [0.2, 0.25) is 0 Å². The molecule has 0 spiro atoms. The van der Waals surface area contributed by atoms with Gasteiger partial charge in [-0.3, -0.25) is 4.99 Å². The maximum Gasteiger partial charge on any atom is 0.240 e. The number of sulfonamides is 1. The van der Waals surface area contributed by atoms with Gasteiger partial charge in [-0.25, -0.2) is 18.1 Å². The fraction of sp³-hybridized carbons (Fsp3) is 0.500. The fourth-order valence-electron chi connectivity index (χ4n) is 2.68. The van der Waals surface area contributed by atoms with Crippen molar-refractivity contribution in [2.45, 2.75) is 45.4 Å². The van der Waals surface area contributed by atoms with Crippen molar-refractivity contribution in [1.29, 1.82) is 0 Å². The summed E-state index contributed by atoms with van der Waals surface area (Å²) in [6.45, 7) is 9.83. The topological polar surface area (TPSA) is 95.5 Å². The second-order valence-corrected chi connectivity index (χ2v) is 9.61. The van der Waals surface area contributed by atoms with Crippen LogP contribution in [0.4, 0.5) is 0 Å². The zero-order valence-corrected chi connectivity index (χ0v) is 22.0. The Morgan fingerprint density at radius 3 is 2.60 bits per heavy atom. The molecule has 0 unspecified atom stereocenters. The molecule has 1 aromatic carbocycles. The highest BCUT2D eigenvalue weighted by Crippen LogP contribution is 2.16. The lowest BCUT2D eigenvalue weighted by Crippen LogP contribution is -2.39. The molecule has 0 atom stereocenters. The number of aliphatic imine (C=N–C) groups is 1. The molecule has 0 aliphatic heterocycles. The van der Waals surface area contributed by atoms with Crippen LogP contribution in [0, 0.1) is 13.8 Å². The number of hydrogen-bond acceptors (Lipinski definition) is 5. The number of nitrogens with zero attached hydrogens (tertiary/aromatic N) is 2. The molecule has 2 aromatic rings. The Labute approximate surface area is 201 Å². The van der Waals surface area contributed by atoms with Gasteiger partial charge >= 0.3 is 0 Å². The lowest BCUT2D eigenvalue weighted by molar-refractivity contribution is 0.581. The molecule has 0 fully saturated rings. The molecule has 0 amide bonds. The Morgan fingerprint density at radius 2 is 1.93 bits per heavy atom. The van der Waals surface area contributed by atoms with Crippen molar-refractivity contribution in [1.82, 2.24) is 20.3 Å². The zero-order valence-electron chi connectivity index (χ0n) is 18.0. The summed E-state index contributed by atoms with van der Waals surface area (Å²) in [5.41, 5.74) is 1.65. The van der Waals surface area contributed by atoms with Crippen molar-refractivity contribution in [3.05, 3.63) is 45.4 Å². The number of halogens is 1. The first kappa shape index (κ1) is 26.8. The lowest BCUT2D eigenvalue weighted by Gasteiger charge is -2.12. The summed E-state index contributed by atoms with van der Waals surface area (Å²) in [5.74, 6) is 0.672. The van der Waals surface area contributed by atoms with Crippen LogP contribution in [0.3, 0.4) is 0 Å². The van der Waals surface area contributed by atoms with Gasteiger partial charge in [-0.1, -0.05) is 19.1 Å². The summed E-state index contributed by atoms with van der Waals surface area (Å²) >= 11 is 1.73. The first-order valence-electron chi connectivity index (χ1n) is 9.88. The second kappa shape index (κ2) is 13.2. The van der Waals surface area contributed by atoms with Gasteiger partial charge in [-0.05, 0) is 44.4 Å². The molecule has 30 heavy (non-hydrogen) atoms. The van der Waals surface area contributed by atoms with Gasteiger partial charge in [0.05, 0.1) is 16.4 Å². The van der Waals surface area contributed by atoms with E-state index < -0.39 is 10.0 Å². The van der Waals surface area contributed by atoms with Gasteiger partial charge in [0.25, 0.3) is 0 Å². The molecule has 1 aromatic heterocycles. The number of guanidine groups is 1. The molecular weight excluding hydrogens is 533 g/mol. The third kappa shape index (κ3) is 8.48. The number of thiazole rings is 1. The highest BCUT2D eigenvalue weighted by Gasteiger charge is 2.16. The van der Waals surface area contributed by atoms with E-state index in [1.54, 1.807) is 24.3 Å². The van der Waals surface area contributed by atoms with Crippen LogP contribution in [-0.2, 0) is 22.9 Å². The predicted octanol–water partition coefficient (Wildman–Crippen LogP) is 3.02. The summed E-state index contributed by atoms with van der Waals surface area (Å²) in [6.07, 6.45) is 3.77. The van der Waals surface area contributed by atoms with Crippen LogP contribution in [0.1, 0.15) is 34.9 Å². The first-order valence-corrected chi connectivity index (χ1v) is 12.2. The van der Waals surface area contributed by atoms with Gasteiger partial charge < -0.3 is 10.6 Å². The second-order valence-electron chi connectivity index (χ2n) is 6.68. The molecule has 0 aliphatic carbocycles. The smallest absolute Gasteiger partial charge is 0.240 e. The predicted molar refractivity (Wildman–Crippen MR) is 136 cm³/mol. The highest BCUT2D eigenvalue weighted by molar-refractivity contribution is 14.0. The van der Waals surface area contributed by atoms with E-state index in [4.69, 9.17) is 0 Å². The number of nitrogens with one attached hydrogen (secondary N) is 3. The maximum absolute atomic E-state index is 12.5. The van der Waals surface area contributed by atoms with Crippen molar-refractivity contribution in [3.8, 4) is 0 Å². The molecule has 0 saturated carbocycles. The molecule has 10 heteroatoms. The molecule has 3 N–H and O–H groups in total. The Morgan fingerprint density at radius 1 is 1.17 bits per heavy atom. The van der Waals surface area contributed by atoms with Gasteiger partial charge in [0.2, 0.25) is 10.0 Å². The molecule has 1 heterocycles. The molecule has 7 nitrogen and oxygen atoms in total. The summed E-state index contributed by atoms with van der Waals surface area (Å²) in [5, 5.41) is 7.55. The van der Waals surface area contributed by atoms with Crippen molar-refractivity contribution in [2.24, 2.45) is 4.99 Å². The standard InChI is InChI=1S/C20H31N5O2S2.HI/c1-5-17-14-24-19(28-17)9-10-22-20(21-6-2)23-11-12-25-29(26,27)18-13-15(3)7-8-16(18)4;/h7-8,13-14,25H,5-6,9-12H2,1-4H3,(H2,21,22,23);1H. The third-order valence-electron chi connectivity index (χ3n) is 4.23. The monoisotopic (exact) mass is 565 g/mol. The zero-order chi connectivity index (χ0) is 21.3. The van der Waals surface area contributed by atoms with Gasteiger partial charge in [-0.15, -0.1) is 35.3 Å². The number of rotatable bonds is 10. The van der Waals surface area contributed by atoms with Gasteiger partial charge in [0.1, 0.15) is 0 Å². The average molecular weight is 566 g/mol. The normalized spacial score (nSPS) is 11.8. The van der Waals surface area contributed by atoms with Crippen LogP contribution in [0.5, 0.6) is 0 Å². The Balaban J connectivity index is 0.00000450. The molecule has 2 rings (SSSR count). The average Bonchev–Trinajstić information content (AvgIpc) is 3.15. The largest absolute Gasteiger partial charge is 0.357 e. The van der Waals surface area contributed by atoms with Gasteiger partial charge in [-0.2, -0.15) is 0 Å². The molecule has 0 saturated heterocycles. The summed E-state index contributed by atoms with van der Waals surface area (Å²) < 4.78 is 27.7. The van der Waals surface area contributed by atoms with Crippen LogP contribution in [-0.4, -0.2) is 45.5 Å². The van der Waals surface area contributed by atoms with E-state index in [1.807, 2.05) is 32.2 Å². The third-order valence-corrected chi connectivity index (χ3v) is 7.04. The van der Waals surface area contributed by atoms with E-state index >= 15 is 0 Å². The van der Waals surface area contributed by atoms with E-state index in [0.717, 1.165) is 42.1 Å².